The minimum Gasteiger partial charge on any atom is -0.396 e. The molecule has 0 unspecified atom stereocenters. The second kappa shape index (κ2) is 9.81. The molecule has 0 heterocycles. The molecule has 1 aromatic carbocycles. The van der Waals surface area contributed by atoms with Crippen molar-refractivity contribution in [3.05, 3.63) is 41.1 Å². The maximum atomic E-state index is 11.9. The van der Waals surface area contributed by atoms with Crippen LogP contribution in [0, 0.1) is 11.3 Å². The first-order valence-corrected chi connectivity index (χ1v) is 7.06. The number of anilines is 1. The van der Waals surface area contributed by atoms with Crippen LogP contribution in [-0.4, -0.2) is 24.2 Å². The Hall–Kier alpha value is -2.03. The molecule has 0 fully saturated rings. The Bertz CT molecular complexity index is 521. The molecule has 112 valence electrons. The van der Waals surface area contributed by atoms with Crippen LogP contribution >= 0.6 is 11.6 Å². The van der Waals surface area contributed by atoms with Crippen molar-refractivity contribution in [1.29, 1.82) is 5.26 Å². The van der Waals surface area contributed by atoms with Crippen LogP contribution < -0.4 is 10.6 Å². The zero-order valence-corrected chi connectivity index (χ0v) is 12.4. The summed E-state index contributed by atoms with van der Waals surface area (Å²) in [4.78, 5) is 11.9. The first-order chi connectivity index (χ1) is 10.2. The monoisotopic (exact) mass is 307 g/mol. The van der Waals surface area contributed by atoms with Crippen molar-refractivity contribution in [1.82, 2.24) is 5.32 Å². The van der Waals surface area contributed by atoms with Gasteiger partial charge in [0.2, 0.25) is 0 Å². The van der Waals surface area contributed by atoms with E-state index in [0.29, 0.717) is 17.3 Å². The number of nitrogens with zero attached hydrogens (tertiary/aromatic N) is 1. The molecule has 1 rings (SSSR count). The molecule has 0 atom stereocenters. The number of nitrogens with one attached hydrogen (secondary N) is 2. The Morgan fingerprint density at radius 1 is 1.29 bits per heavy atom. The number of aliphatic hydroxyl groups excluding tert-OH is 1. The number of hydrogen-bond donors (Lipinski definition) is 3. The summed E-state index contributed by atoms with van der Waals surface area (Å²) in [6, 6.07) is 8.50. The summed E-state index contributed by atoms with van der Waals surface area (Å²) in [5, 5.41) is 23.7. The smallest absolute Gasteiger partial charge is 0.267 e. The van der Waals surface area contributed by atoms with E-state index in [1.54, 1.807) is 24.3 Å². The zero-order chi connectivity index (χ0) is 15.5. The van der Waals surface area contributed by atoms with Gasteiger partial charge < -0.3 is 15.7 Å². The van der Waals surface area contributed by atoms with Crippen molar-refractivity contribution < 1.29 is 9.90 Å². The van der Waals surface area contributed by atoms with Crippen LogP contribution in [0.1, 0.15) is 19.3 Å². The molecule has 0 aliphatic carbocycles. The third-order valence-corrected chi connectivity index (χ3v) is 2.94. The number of halogens is 1. The topological polar surface area (TPSA) is 85.2 Å². The molecule has 0 bridgehead atoms. The minimum atomic E-state index is -0.470. The quantitative estimate of drug-likeness (QED) is 0.391. The fourth-order valence-electron chi connectivity index (χ4n) is 1.57. The van der Waals surface area contributed by atoms with Crippen LogP contribution in [0.5, 0.6) is 0 Å². The molecule has 0 saturated heterocycles. The van der Waals surface area contributed by atoms with Gasteiger partial charge in [-0.15, -0.1) is 0 Å². The first kappa shape index (κ1) is 17.0. The van der Waals surface area contributed by atoms with Crippen molar-refractivity contribution in [2.45, 2.75) is 19.3 Å². The Balaban J connectivity index is 2.45. The predicted octanol–water partition coefficient (Wildman–Crippen LogP) is 2.44. The fraction of sp³-hybridized carbons (Fsp3) is 0.333. The largest absolute Gasteiger partial charge is 0.396 e. The molecule has 0 spiro atoms. The standard InChI is InChI=1S/C15H18ClN3O2/c16-13-4-6-14(7-5-13)19-15(21)12(10-17)11-18-8-2-1-3-9-20/h4-7,11,18,20H,1-3,8-9H2,(H,19,21)/b12-11-. The van der Waals surface area contributed by atoms with Crippen molar-refractivity contribution in [3.63, 3.8) is 0 Å². The Labute approximate surface area is 129 Å². The van der Waals surface area contributed by atoms with Crippen LogP contribution in [0.25, 0.3) is 0 Å². The molecule has 6 heteroatoms. The summed E-state index contributed by atoms with van der Waals surface area (Å²) < 4.78 is 0. The maximum absolute atomic E-state index is 11.9. The number of rotatable bonds is 8. The SMILES string of the molecule is N#C/C(=C/NCCCCCO)C(=O)Nc1ccc(Cl)cc1. The summed E-state index contributed by atoms with van der Waals surface area (Å²) in [6.45, 7) is 0.836. The molecular weight excluding hydrogens is 290 g/mol. The number of nitriles is 1. The Morgan fingerprint density at radius 3 is 2.62 bits per heavy atom. The molecule has 0 aromatic heterocycles. The third kappa shape index (κ3) is 6.80. The Morgan fingerprint density at radius 2 is 2.00 bits per heavy atom. The number of amides is 1. The Kier molecular flexibility index (Phi) is 7.95. The number of carbonyl (C=O) groups is 1. The molecule has 1 amide bonds. The molecular formula is C15H18ClN3O2. The van der Waals surface area contributed by atoms with Gasteiger partial charge in [-0.2, -0.15) is 5.26 Å². The van der Waals surface area contributed by atoms with Crippen LogP contribution in [0.4, 0.5) is 5.69 Å². The highest BCUT2D eigenvalue weighted by Crippen LogP contribution is 2.13. The minimum absolute atomic E-state index is 0.00658. The molecule has 0 radical (unpaired) electrons. The average Bonchev–Trinajstić information content (AvgIpc) is 2.49. The molecule has 0 saturated carbocycles. The van der Waals surface area contributed by atoms with E-state index in [9.17, 15) is 4.79 Å². The van der Waals surface area contributed by atoms with Crippen LogP contribution in [-0.2, 0) is 4.79 Å². The first-order valence-electron chi connectivity index (χ1n) is 6.69. The summed E-state index contributed by atoms with van der Waals surface area (Å²) in [7, 11) is 0. The maximum Gasteiger partial charge on any atom is 0.267 e. The summed E-state index contributed by atoms with van der Waals surface area (Å²) in [6.07, 6.45) is 3.93. The highest BCUT2D eigenvalue weighted by molar-refractivity contribution is 6.30. The van der Waals surface area contributed by atoms with E-state index in [1.165, 1.54) is 6.20 Å². The second-order valence-corrected chi connectivity index (χ2v) is 4.81. The molecule has 21 heavy (non-hydrogen) atoms. The number of unbranched alkanes of at least 4 members (excludes halogenated alkanes) is 2. The molecule has 3 N–H and O–H groups in total. The van der Waals surface area contributed by atoms with Crippen LogP contribution in [0.3, 0.4) is 0 Å². The van der Waals surface area contributed by atoms with E-state index in [1.807, 2.05) is 6.07 Å². The summed E-state index contributed by atoms with van der Waals surface area (Å²) >= 11 is 5.76. The molecule has 1 aromatic rings. The van der Waals surface area contributed by atoms with Gasteiger partial charge in [-0.1, -0.05) is 11.6 Å². The van der Waals surface area contributed by atoms with Crippen molar-refractivity contribution >= 4 is 23.2 Å². The number of benzene rings is 1. The van der Waals surface area contributed by atoms with Gasteiger partial charge in [-0.25, -0.2) is 0 Å². The van der Waals surface area contributed by atoms with Crippen molar-refractivity contribution in [2.75, 3.05) is 18.5 Å². The lowest BCUT2D eigenvalue weighted by Crippen LogP contribution is -2.17. The molecule has 5 nitrogen and oxygen atoms in total. The van der Waals surface area contributed by atoms with Gasteiger partial charge in [0.15, 0.2) is 0 Å². The van der Waals surface area contributed by atoms with Gasteiger partial charge in [-0.3, -0.25) is 4.79 Å². The van der Waals surface area contributed by atoms with Gasteiger partial charge in [0.05, 0.1) is 0 Å². The van der Waals surface area contributed by atoms with Crippen LogP contribution in [0.15, 0.2) is 36.0 Å². The van der Waals surface area contributed by atoms with E-state index >= 15 is 0 Å². The van der Waals surface area contributed by atoms with E-state index in [2.05, 4.69) is 10.6 Å². The zero-order valence-electron chi connectivity index (χ0n) is 11.6. The lowest BCUT2D eigenvalue weighted by Gasteiger charge is -2.05. The highest BCUT2D eigenvalue weighted by atomic mass is 35.5. The number of hydrogen-bond acceptors (Lipinski definition) is 4. The van der Waals surface area contributed by atoms with Crippen molar-refractivity contribution in [3.8, 4) is 6.07 Å². The highest BCUT2D eigenvalue weighted by Gasteiger charge is 2.08. The van der Waals surface area contributed by atoms with Gasteiger partial charge in [-0.05, 0) is 43.5 Å². The molecule has 0 aliphatic heterocycles. The summed E-state index contributed by atoms with van der Waals surface area (Å²) in [5.74, 6) is -0.470. The van der Waals surface area contributed by atoms with E-state index in [-0.39, 0.29) is 12.2 Å². The number of carbonyl (C=O) groups excluding carboxylic acids is 1. The van der Waals surface area contributed by atoms with Gasteiger partial charge in [0.1, 0.15) is 11.6 Å². The lowest BCUT2D eigenvalue weighted by atomic mass is 10.2. The van der Waals surface area contributed by atoms with Gasteiger partial charge >= 0.3 is 0 Å². The van der Waals surface area contributed by atoms with E-state index in [4.69, 9.17) is 22.0 Å². The summed E-state index contributed by atoms with van der Waals surface area (Å²) in [5.41, 5.74) is 0.584. The van der Waals surface area contributed by atoms with E-state index in [0.717, 1.165) is 19.3 Å². The second-order valence-electron chi connectivity index (χ2n) is 4.37. The van der Waals surface area contributed by atoms with E-state index < -0.39 is 5.91 Å². The van der Waals surface area contributed by atoms with Gasteiger partial charge in [0.25, 0.3) is 5.91 Å². The van der Waals surface area contributed by atoms with Crippen molar-refractivity contribution in [2.24, 2.45) is 0 Å². The predicted molar refractivity (Wildman–Crippen MR) is 82.7 cm³/mol. The average molecular weight is 308 g/mol. The van der Waals surface area contributed by atoms with Gasteiger partial charge in [0, 0.05) is 30.1 Å². The normalized spacial score (nSPS) is 10.8. The van der Waals surface area contributed by atoms with Crippen LogP contribution in [0.2, 0.25) is 5.02 Å². The third-order valence-electron chi connectivity index (χ3n) is 2.69. The number of aliphatic hydroxyl groups is 1. The fourth-order valence-corrected chi connectivity index (χ4v) is 1.70. The molecule has 0 aliphatic rings. The lowest BCUT2D eigenvalue weighted by molar-refractivity contribution is -0.112.